The van der Waals surface area contributed by atoms with E-state index >= 15 is 0 Å². The third-order valence-corrected chi connectivity index (χ3v) is 12.1. The van der Waals surface area contributed by atoms with Gasteiger partial charge < -0.3 is 20.3 Å². The molecule has 0 aliphatic heterocycles. The Balaban J connectivity index is 4.79. The van der Waals surface area contributed by atoms with Gasteiger partial charge in [-0.2, -0.15) is 0 Å². The minimum Gasteiger partial charge on any atom is -0.462 e. The first-order chi connectivity index (χ1) is 34.0. The average molecular weight is 957 g/mol. The van der Waals surface area contributed by atoms with Crippen molar-refractivity contribution in [1.82, 2.24) is 5.32 Å². The van der Waals surface area contributed by atoms with Gasteiger partial charge in [-0.25, -0.2) is 0 Å². The maximum Gasteiger partial charge on any atom is 0.306 e. The lowest BCUT2D eigenvalue weighted by Crippen LogP contribution is -2.46. The summed E-state index contributed by atoms with van der Waals surface area (Å²) >= 11 is 0. The molecule has 0 rings (SSSR count). The van der Waals surface area contributed by atoms with Gasteiger partial charge in [0.05, 0.1) is 25.2 Å². The van der Waals surface area contributed by atoms with Crippen LogP contribution in [0, 0.1) is 0 Å². The SMILES string of the molecule is CC/C=C\C/C=C\C/C=C\C/C=C\C/C=C\C/C=C\CCC(=O)OC(CCCCC/C=C/C=C/C=C/C=C/CCCCC)CC(=O)NC(CO)C(O)CCCCCCCCCCCCCCCCC. The van der Waals surface area contributed by atoms with Crippen molar-refractivity contribution in [2.75, 3.05) is 6.61 Å². The number of aliphatic hydroxyl groups excluding tert-OH is 2. The highest BCUT2D eigenvalue weighted by Crippen LogP contribution is 2.17. The van der Waals surface area contributed by atoms with Crippen molar-refractivity contribution < 1.29 is 24.5 Å². The minimum atomic E-state index is -0.820. The summed E-state index contributed by atoms with van der Waals surface area (Å²) in [5.74, 6) is -0.620. The molecule has 69 heavy (non-hydrogen) atoms. The van der Waals surface area contributed by atoms with Crippen molar-refractivity contribution in [1.29, 1.82) is 0 Å². The summed E-state index contributed by atoms with van der Waals surface area (Å²) in [6, 6.07) is -0.739. The predicted octanol–water partition coefficient (Wildman–Crippen LogP) is 17.6. The Morgan fingerprint density at radius 3 is 1.32 bits per heavy atom. The Bertz CT molecular complexity index is 1440. The van der Waals surface area contributed by atoms with Crippen molar-refractivity contribution >= 4 is 11.9 Å². The van der Waals surface area contributed by atoms with E-state index in [9.17, 15) is 19.8 Å². The van der Waals surface area contributed by atoms with E-state index in [2.05, 4.69) is 123 Å². The maximum absolute atomic E-state index is 13.3. The van der Waals surface area contributed by atoms with Gasteiger partial charge in [-0.15, -0.1) is 0 Å². The first-order valence-electron chi connectivity index (χ1n) is 28.3. The van der Waals surface area contributed by atoms with Gasteiger partial charge in [0.25, 0.3) is 0 Å². The number of allylic oxidation sites excluding steroid dienone is 20. The molecule has 1 amide bonds. The second-order valence-corrected chi connectivity index (χ2v) is 18.7. The molecule has 0 fully saturated rings. The fourth-order valence-corrected chi connectivity index (χ4v) is 7.88. The molecule has 0 radical (unpaired) electrons. The number of unbranched alkanes of at least 4 members (excludes halogenated alkanes) is 20. The average Bonchev–Trinajstić information content (AvgIpc) is 3.34. The Morgan fingerprint density at radius 2 is 0.841 bits per heavy atom. The molecule has 0 aromatic heterocycles. The van der Waals surface area contributed by atoms with E-state index in [1.165, 1.54) is 96.3 Å². The molecule has 0 bridgehead atoms. The topological polar surface area (TPSA) is 95.9 Å². The van der Waals surface area contributed by atoms with Crippen LogP contribution in [-0.2, 0) is 14.3 Å². The molecule has 0 saturated heterocycles. The summed E-state index contributed by atoms with van der Waals surface area (Å²) in [6.45, 7) is 6.31. The lowest BCUT2D eigenvalue weighted by Gasteiger charge is -2.24. The zero-order valence-corrected chi connectivity index (χ0v) is 44.6. The first-order valence-corrected chi connectivity index (χ1v) is 28.3. The van der Waals surface area contributed by atoms with Crippen LogP contribution in [0.25, 0.3) is 0 Å². The van der Waals surface area contributed by atoms with Crippen LogP contribution >= 0.6 is 0 Å². The van der Waals surface area contributed by atoms with Gasteiger partial charge in [-0.05, 0) is 89.9 Å². The van der Waals surface area contributed by atoms with Gasteiger partial charge in [0.1, 0.15) is 6.10 Å². The summed E-state index contributed by atoms with van der Waals surface area (Å²) in [5.41, 5.74) is 0. The van der Waals surface area contributed by atoms with Crippen LogP contribution in [0.5, 0.6) is 0 Å². The molecule has 0 aromatic carbocycles. The number of rotatable bonds is 49. The molecule has 3 unspecified atom stereocenters. The standard InChI is InChI=1S/C63H105NO5/c1-4-7-10-13-16-19-22-25-28-30-31-32-35-38-41-44-47-50-53-56-63(68)69-59(54-51-48-45-42-39-36-34-29-26-23-20-17-14-11-8-5-2)57-62(67)64-60(58-65)61(66)55-52-49-46-43-40-37-33-27-24-21-18-15-12-9-6-3/h7,10,16-17,19-20,23,25-26,28-29,31-32,34,36,38-39,41,47,50,59-61,65-66H,4-6,8-9,11-15,18,21-22,24,27,30,33,35,37,40,42-46,48-49,51-58H2,1-3H3,(H,64,67)/b10-7-,19-16-,20-17+,26-23+,28-25-,32-31-,34-29+,39-36+,41-38-,50-47-. The Kier molecular flexibility index (Phi) is 52.2. The minimum absolute atomic E-state index is 0.0139. The molecule has 0 aliphatic carbocycles. The lowest BCUT2D eigenvalue weighted by atomic mass is 10.0. The third-order valence-electron chi connectivity index (χ3n) is 12.1. The molecule has 3 N–H and O–H groups in total. The number of esters is 1. The van der Waals surface area contributed by atoms with Crippen LogP contribution < -0.4 is 5.32 Å². The zero-order valence-electron chi connectivity index (χ0n) is 44.6. The quantitative estimate of drug-likeness (QED) is 0.0244. The highest BCUT2D eigenvalue weighted by atomic mass is 16.5. The van der Waals surface area contributed by atoms with E-state index in [4.69, 9.17) is 4.74 Å². The van der Waals surface area contributed by atoms with Crippen molar-refractivity contribution in [2.45, 2.75) is 257 Å². The molecular weight excluding hydrogens is 851 g/mol. The smallest absolute Gasteiger partial charge is 0.306 e. The predicted molar refractivity (Wildman–Crippen MR) is 300 cm³/mol. The Morgan fingerprint density at radius 1 is 0.449 bits per heavy atom. The van der Waals surface area contributed by atoms with E-state index in [1.54, 1.807) is 0 Å². The molecule has 0 aromatic rings. The molecule has 0 heterocycles. The van der Waals surface area contributed by atoms with Crippen LogP contribution in [0.1, 0.15) is 239 Å². The fourth-order valence-electron chi connectivity index (χ4n) is 7.88. The van der Waals surface area contributed by atoms with Crippen LogP contribution in [0.2, 0.25) is 0 Å². The van der Waals surface area contributed by atoms with Crippen molar-refractivity contribution in [3.8, 4) is 0 Å². The zero-order chi connectivity index (χ0) is 50.2. The van der Waals surface area contributed by atoms with E-state index in [1.807, 2.05) is 24.3 Å². The van der Waals surface area contributed by atoms with Gasteiger partial charge >= 0.3 is 5.97 Å². The molecule has 392 valence electrons. The van der Waals surface area contributed by atoms with Crippen LogP contribution in [0.15, 0.2) is 122 Å². The van der Waals surface area contributed by atoms with Crippen LogP contribution in [0.4, 0.5) is 0 Å². The largest absolute Gasteiger partial charge is 0.462 e. The number of hydrogen-bond donors (Lipinski definition) is 3. The number of aliphatic hydroxyl groups is 2. The highest BCUT2D eigenvalue weighted by Gasteiger charge is 2.24. The first kappa shape index (κ1) is 65.3. The van der Waals surface area contributed by atoms with Gasteiger partial charge in [-0.3, -0.25) is 9.59 Å². The Labute approximate surface area is 425 Å². The molecule has 6 heteroatoms. The number of ether oxygens (including phenoxy) is 1. The molecule has 3 atom stereocenters. The number of carbonyl (C=O) groups excluding carboxylic acids is 2. The van der Waals surface area contributed by atoms with E-state index in [0.29, 0.717) is 19.3 Å². The maximum atomic E-state index is 13.3. The molecule has 0 aliphatic rings. The third kappa shape index (κ3) is 50.5. The van der Waals surface area contributed by atoms with Crippen LogP contribution in [-0.4, -0.2) is 46.9 Å². The molecule has 0 spiro atoms. The molecule has 6 nitrogen and oxygen atoms in total. The van der Waals surface area contributed by atoms with Gasteiger partial charge in [0.2, 0.25) is 5.91 Å². The lowest BCUT2D eigenvalue weighted by molar-refractivity contribution is -0.150. The van der Waals surface area contributed by atoms with E-state index < -0.39 is 18.2 Å². The second-order valence-electron chi connectivity index (χ2n) is 18.7. The number of carbonyl (C=O) groups is 2. The summed E-state index contributed by atoms with van der Waals surface area (Å²) in [4.78, 5) is 26.2. The van der Waals surface area contributed by atoms with Gasteiger partial charge in [-0.1, -0.05) is 258 Å². The van der Waals surface area contributed by atoms with Crippen molar-refractivity contribution in [2.24, 2.45) is 0 Å². The fraction of sp³-hybridized carbons (Fsp3) is 0.651. The van der Waals surface area contributed by atoms with Gasteiger partial charge in [0, 0.05) is 6.42 Å². The summed E-state index contributed by atoms with van der Waals surface area (Å²) in [5, 5.41) is 23.8. The van der Waals surface area contributed by atoms with E-state index in [0.717, 1.165) is 89.9 Å². The summed E-state index contributed by atoms with van der Waals surface area (Å²) in [7, 11) is 0. The highest BCUT2D eigenvalue weighted by molar-refractivity contribution is 5.77. The van der Waals surface area contributed by atoms with Gasteiger partial charge in [0.15, 0.2) is 0 Å². The number of amides is 1. The van der Waals surface area contributed by atoms with Crippen LogP contribution in [0.3, 0.4) is 0 Å². The normalized spacial score (nSPS) is 14.1. The molecule has 0 saturated carbocycles. The Hall–Kier alpha value is -3.74. The monoisotopic (exact) mass is 956 g/mol. The molecular formula is C63H105NO5. The van der Waals surface area contributed by atoms with Crippen molar-refractivity contribution in [3.63, 3.8) is 0 Å². The number of hydrogen-bond acceptors (Lipinski definition) is 5. The van der Waals surface area contributed by atoms with Crippen molar-refractivity contribution in [3.05, 3.63) is 122 Å². The number of nitrogens with one attached hydrogen (secondary N) is 1. The van der Waals surface area contributed by atoms with E-state index in [-0.39, 0.29) is 31.3 Å². The summed E-state index contributed by atoms with van der Waals surface area (Å²) in [6.07, 6.45) is 76.9. The second kappa shape index (κ2) is 55.2. The summed E-state index contributed by atoms with van der Waals surface area (Å²) < 4.78 is 5.89.